The van der Waals surface area contributed by atoms with E-state index < -0.39 is 18.2 Å². The van der Waals surface area contributed by atoms with Crippen LogP contribution in [0.1, 0.15) is 53.1 Å². The Kier molecular flexibility index (Phi) is 6.63. The molecule has 0 radical (unpaired) electrons. The van der Waals surface area contributed by atoms with E-state index in [0.717, 1.165) is 37.1 Å². The summed E-state index contributed by atoms with van der Waals surface area (Å²) < 4.78 is 31.7. The molecule has 8 nitrogen and oxygen atoms in total. The topological polar surface area (TPSA) is 116 Å². The molecule has 4 rings (SSSR count). The van der Waals surface area contributed by atoms with E-state index in [0.29, 0.717) is 18.9 Å². The summed E-state index contributed by atoms with van der Waals surface area (Å²) in [5.74, 6) is -2.98. The highest BCUT2D eigenvalue weighted by molar-refractivity contribution is 6.05. The minimum absolute atomic E-state index is 0.0877. The lowest BCUT2D eigenvalue weighted by molar-refractivity contribution is -0.192. The van der Waals surface area contributed by atoms with Crippen LogP contribution in [0.4, 0.5) is 13.2 Å². The van der Waals surface area contributed by atoms with E-state index in [4.69, 9.17) is 9.90 Å². The van der Waals surface area contributed by atoms with Crippen molar-refractivity contribution in [3.05, 3.63) is 34.9 Å². The van der Waals surface area contributed by atoms with Gasteiger partial charge in [0.25, 0.3) is 5.91 Å². The fraction of sp³-hybridized carbons (Fsp3) is 0.500. The van der Waals surface area contributed by atoms with Crippen LogP contribution in [-0.4, -0.2) is 59.0 Å². The number of alkyl halides is 3. The fourth-order valence-electron chi connectivity index (χ4n) is 4.13. The summed E-state index contributed by atoms with van der Waals surface area (Å²) in [6, 6.07) is 5.38. The molecule has 1 atom stereocenters. The zero-order valence-electron chi connectivity index (χ0n) is 16.5. The van der Waals surface area contributed by atoms with Gasteiger partial charge in [-0.05, 0) is 55.5 Å². The van der Waals surface area contributed by atoms with Crippen molar-refractivity contribution in [3.8, 4) is 0 Å². The molecule has 1 aromatic rings. The Bertz CT molecular complexity index is 897. The minimum Gasteiger partial charge on any atom is -0.475 e. The Morgan fingerprint density at radius 2 is 1.74 bits per heavy atom. The number of benzene rings is 1. The van der Waals surface area contributed by atoms with Crippen molar-refractivity contribution in [2.45, 2.75) is 50.4 Å². The average Bonchev–Trinajstić information content (AvgIpc) is 3.05. The highest BCUT2D eigenvalue weighted by Gasteiger charge is 2.40. The Morgan fingerprint density at radius 1 is 1.10 bits per heavy atom. The van der Waals surface area contributed by atoms with Gasteiger partial charge < -0.3 is 15.3 Å². The molecule has 0 aromatic heterocycles. The van der Waals surface area contributed by atoms with Crippen molar-refractivity contribution in [2.75, 3.05) is 13.1 Å². The van der Waals surface area contributed by atoms with Crippen LogP contribution < -0.4 is 10.6 Å². The summed E-state index contributed by atoms with van der Waals surface area (Å²) >= 11 is 0. The number of amides is 3. The molecular weight excluding hydrogens is 419 g/mol. The number of nitrogens with zero attached hydrogens (tertiary/aromatic N) is 1. The zero-order valence-corrected chi connectivity index (χ0v) is 16.5. The monoisotopic (exact) mass is 441 g/mol. The van der Waals surface area contributed by atoms with Crippen molar-refractivity contribution in [3.63, 3.8) is 0 Å². The molecule has 1 unspecified atom stereocenters. The Hall–Kier alpha value is -2.95. The van der Waals surface area contributed by atoms with Gasteiger partial charge in [-0.25, -0.2) is 4.79 Å². The molecule has 0 saturated carbocycles. The third-order valence-corrected chi connectivity index (χ3v) is 5.64. The zero-order chi connectivity index (χ0) is 22.8. The summed E-state index contributed by atoms with van der Waals surface area (Å²) in [5.41, 5.74) is 3.03. The van der Waals surface area contributed by atoms with E-state index in [1.165, 1.54) is 5.56 Å². The molecule has 0 bridgehead atoms. The van der Waals surface area contributed by atoms with Gasteiger partial charge in [-0.2, -0.15) is 13.2 Å². The van der Waals surface area contributed by atoms with E-state index in [1.54, 1.807) is 4.90 Å². The second-order valence-electron chi connectivity index (χ2n) is 7.60. The smallest absolute Gasteiger partial charge is 0.475 e. The van der Waals surface area contributed by atoms with Crippen molar-refractivity contribution >= 4 is 23.7 Å². The van der Waals surface area contributed by atoms with E-state index in [-0.39, 0.29) is 24.1 Å². The molecular formula is C20H22F3N3O5. The standard InChI is InChI=1S/C18H21N3O3.C2HF3O2/c22-16-5-4-15(17(23)20-16)21-10-14-12(11-6-8-19-9-7-11)2-1-3-13(14)18(21)24;3-2(4,5)1(6)7/h1-3,11,15,19H,4-10H2,(H,20,22,23);(H,6,7). The maximum atomic E-state index is 12.8. The normalized spacial score (nSPS) is 21.8. The summed E-state index contributed by atoms with van der Waals surface area (Å²) in [7, 11) is 0. The van der Waals surface area contributed by atoms with E-state index in [9.17, 15) is 27.6 Å². The van der Waals surface area contributed by atoms with Gasteiger partial charge in [0.15, 0.2) is 0 Å². The second-order valence-corrected chi connectivity index (χ2v) is 7.60. The number of carboxylic acid groups (broad SMARTS) is 1. The van der Waals surface area contributed by atoms with Crippen molar-refractivity contribution in [2.24, 2.45) is 0 Å². The second kappa shape index (κ2) is 9.04. The molecule has 2 fully saturated rings. The van der Waals surface area contributed by atoms with Crippen LogP contribution in [-0.2, 0) is 20.9 Å². The Balaban J connectivity index is 0.000000339. The number of piperidine rings is 2. The van der Waals surface area contributed by atoms with E-state index >= 15 is 0 Å². The molecule has 3 N–H and O–H groups in total. The van der Waals surface area contributed by atoms with Crippen LogP contribution in [0, 0.1) is 0 Å². The molecule has 0 spiro atoms. The van der Waals surface area contributed by atoms with Gasteiger partial charge in [-0.1, -0.05) is 12.1 Å². The van der Waals surface area contributed by atoms with Crippen LogP contribution in [0.3, 0.4) is 0 Å². The molecule has 31 heavy (non-hydrogen) atoms. The van der Waals surface area contributed by atoms with Crippen LogP contribution in [0.5, 0.6) is 0 Å². The van der Waals surface area contributed by atoms with E-state index in [1.807, 2.05) is 12.1 Å². The molecule has 2 saturated heterocycles. The first-order valence-corrected chi connectivity index (χ1v) is 9.87. The quantitative estimate of drug-likeness (QED) is 0.600. The van der Waals surface area contributed by atoms with Gasteiger partial charge in [-0.15, -0.1) is 0 Å². The molecule has 0 aliphatic carbocycles. The fourth-order valence-corrected chi connectivity index (χ4v) is 4.13. The largest absolute Gasteiger partial charge is 0.490 e. The van der Waals surface area contributed by atoms with Gasteiger partial charge in [-0.3, -0.25) is 19.7 Å². The van der Waals surface area contributed by atoms with Gasteiger partial charge >= 0.3 is 12.1 Å². The summed E-state index contributed by atoms with van der Waals surface area (Å²) in [6.07, 6.45) is -2.24. The first-order chi connectivity index (χ1) is 14.6. The highest BCUT2D eigenvalue weighted by Crippen LogP contribution is 2.35. The SMILES string of the molecule is O=C(O)C(F)(F)F.O=C1CCC(N2Cc3c(cccc3C3CCNCC3)C2=O)C(=O)N1. The lowest BCUT2D eigenvalue weighted by Gasteiger charge is -2.29. The molecule has 168 valence electrons. The van der Waals surface area contributed by atoms with E-state index in [2.05, 4.69) is 16.7 Å². The van der Waals surface area contributed by atoms with Gasteiger partial charge in [0.1, 0.15) is 6.04 Å². The first-order valence-electron chi connectivity index (χ1n) is 9.87. The number of hydrogen-bond donors (Lipinski definition) is 3. The lowest BCUT2D eigenvalue weighted by Crippen LogP contribution is -2.52. The average molecular weight is 441 g/mol. The molecule has 11 heteroatoms. The van der Waals surface area contributed by atoms with Gasteiger partial charge in [0.2, 0.25) is 11.8 Å². The number of carbonyl (C=O) groups is 4. The number of rotatable bonds is 2. The lowest BCUT2D eigenvalue weighted by atomic mass is 9.86. The number of halogens is 3. The van der Waals surface area contributed by atoms with Crippen LogP contribution in [0.25, 0.3) is 0 Å². The minimum atomic E-state index is -5.08. The van der Waals surface area contributed by atoms with Crippen LogP contribution in [0.2, 0.25) is 0 Å². The molecule has 3 heterocycles. The Labute approximate surface area is 175 Å². The van der Waals surface area contributed by atoms with Crippen LogP contribution in [0.15, 0.2) is 18.2 Å². The number of carbonyl (C=O) groups excluding carboxylic acids is 3. The molecule has 3 aliphatic rings. The van der Waals surface area contributed by atoms with Crippen molar-refractivity contribution in [1.29, 1.82) is 0 Å². The third kappa shape index (κ3) is 5.04. The number of hydrogen-bond acceptors (Lipinski definition) is 5. The first kappa shape index (κ1) is 22.7. The summed E-state index contributed by atoms with van der Waals surface area (Å²) in [4.78, 5) is 46.8. The summed E-state index contributed by atoms with van der Waals surface area (Å²) in [5, 5.41) is 12.8. The predicted molar refractivity (Wildman–Crippen MR) is 101 cm³/mol. The van der Waals surface area contributed by atoms with Gasteiger partial charge in [0.05, 0.1) is 0 Å². The molecule has 3 amide bonds. The number of imide groups is 1. The molecule has 3 aliphatic heterocycles. The predicted octanol–water partition coefficient (Wildman–Crippen LogP) is 1.55. The third-order valence-electron chi connectivity index (χ3n) is 5.64. The number of carboxylic acids is 1. The van der Waals surface area contributed by atoms with Gasteiger partial charge in [0, 0.05) is 18.5 Å². The summed E-state index contributed by atoms with van der Waals surface area (Å²) in [6.45, 7) is 2.47. The highest BCUT2D eigenvalue weighted by atomic mass is 19.4. The maximum Gasteiger partial charge on any atom is 0.490 e. The number of nitrogens with one attached hydrogen (secondary N) is 2. The molecule has 1 aromatic carbocycles. The maximum absolute atomic E-state index is 12.8. The number of aliphatic carboxylic acids is 1. The number of fused-ring (bicyclic) bond motifs is 1. The van der Waals surface area contributed by atoms with Crippen LogP contribution >= 0.6 is 0 Å². The van der Waals surface area contributed by atoms with Crippen molar-refractivity contribution in [1.82, 2.24) is 15.5 Å². The van der Waals surface area contributed by atoms with Crippen molar-refractivity contribution < 1.29 is 37.5 Å². The Morgan fingerprint density at radius 3 is 2.32 bits per heavy atom.